The zero-order chi connectivity index (χ0) is 12.7. The molecule has 0 fully saturated rings. The number of hydrogen-bond acceptors (Lipinski definition) is 5. The van der Waals surface area contributed by atoms with Crippen molar-refractivity contribution in [3.8, 4) is 0 Å². The van der Waals surface area contributed by atoms with Gasteiger partial charge in [-0.3, -0.25) is 4.79 Å². The molecule has 0 spiro atoms. The van der Waals surface area contributed by atoms with Gasteiger partial charge in [-0.1, -0.05) is 18.7 Å². The molecule has 0 aliphatic rings. The van der Waals surface area contributed by atoms with Crippen molar-refractivity contribution in [3.05, 3.63) is 18.0 Å². The number of thioether (sulfide) groups is 1. The van der Waals surface area contributed by atoms with E-state index in [0.717, 1.165) is 12.0 Å². The van der Waals surface area contributed by atoms with Crippen LogP contribution in [0.15, 0.2) is 17.6 Å². The number of carbonyl (C=O) groups is 1. The van der Waals surface area contributed by atoms with E-state index in [9.17, 15) is 4.79 Å². The minimum atomic E-state index is -0.835. The number of nitrogens with zero attached hydrogens (tertiary/aromatic N) is 2. The lowest BCUT2D eigenvalue weighted by Crippen LogP contribution is -2.39. The lowest BCUT2D eigenvalue weighted by molar-refractivity contribution is -0.138. The maximum absolute atomic E-state index is 11.0. The highest BCUT2D eigenvalue weighted by Crippen LogP contribution is 2.13. The molecule has 1 unspecified atom stereocenters. The van der Waals surface area contributed by atoms with Crippen molar-refractivity contribution >= 4 is 17.7 Å². The molecule has 1 aromatic rings. The second kappa shape index (κ2) is 7.24. The van der Waals surface area contributed by atoms with Crippen LogP contribution in [0.3, 0.4) is 0 Å². The molecule has 94 valence electrons. The lowest BCUT2D eigenvalue weighted by atomic mass is 10.3. The zero-order valence-corrected chi connectivity index (χ0v) is 10.8. The smallest absolute Gasteiger partial charge is 0.321 e. The second-order valence-corrected chi connectivity index (χ2v) is 4.69. The minimum absolute atomic E-state index is 0.429. The van der Waals surface area contributed by atoms with Gasteiger partial charge in [-0.15, -0.1) is 0 Å². The lowest BCUT2D eigenvalue weighted by Gasteiger charge is -2.12. The van der Waals surface area contributed by atoms with Crippen LogP contribution in [0.2, 0.25) is 0 Å². The number of aromatic nitrogens is 2. The summed E-state index contributed by atoms with van der Waals surface area (Å²) in [5, 5.41) is 12.6. The summed E-state index contributed by atoms with van der Waals surface area (Å²) >= 11 is 1.35. The molecule has 1 aromatic heterocycles. The number of hydrogen-bond donors (Lipinski definition) is 2. The molecule has 0 saturated carbocycles. The first kappa shape index (κ1) is 13.9. The number of rotatable bonds is 7. The third-order valence-corrected chi connectivity index (χ3v) is 3.04. The van der Waals surface area contributed by atoms with Crippen LogP contribution in [0.1, 0.15) is 18.9 Å². The van der Waals surface area contributed by atoms with Crippen LogP contribution in [0.4, 0.5) is 0 Å². The van der Waals surface area contributed by atoms with Gasteiger partial charge in [0.15, 0.2) is 5.16 Å². The fourth-order valence-electron chi connectivity index (χ4n) is 1.15. The standard InChI is InChI=1S/C11H17N3O2S/c1-3-4-12-9(10(15)16)7-17-11-13-5-8(2)6-14-11/h5-6,9,12H,3-4,7H2,1-2H3,(H,15,16). The van der Waals surface area contributed by atoms with Gasteiger partial charge in [0.25, 0.3) is 0 Å². The van der Waals surface area contributed by atoms with E-state index in [1.807, 2.05) is 13.8 Å². The summed E-state index contributed by atoms with van der Waals surface area (Å²) in [7, 11) is 0. The second-order valence-electron chi connectivity index (χ2n) is 3.70. The van der Waals surface area contributed by atoms with E-state index in [1.165, 1.54) is 11.8 Å². The van der Waals surface area contributed by atoms with Crippen molar-refractivity contribution in [2.45, 2.75) is 31.5 Å². The highest BCUT2D eigenvalue weighted by atomic mass is 32.2. The Morgan fingerprint density at radius 1 is 1.53 bits per heavy atom. The van der Waals surface area contributed by atoms with Gasteiger partial charge in [-0.05, 0) is 25.5 Å². The predicted molar refractivity (Wildman–Crippen MR) is 67.2 cm³/mol. The molecule has 0 radical (unpaired) electrons. The Bertz CT molecular complexity index is 356. The zero-order valence-electron chi connectivity index (χ0n) is 10.0. The summed E-state index contributed by atoms with van der Waals surface area (Å²) in [5.41, 5.74) is 0.994. The van der Waals surface area contributed by atoms with Gasteiger partial charge in [0, 0.05) is 18.1 Å². The van der Waals surface area contributed by atoms with E-state index in [1.54, 1.807) is 12.4 Å². The third kappa shape index (κ3) is 5.14. The molecule has 0 saturated heterocycles. The summed E-state index contributed by atoms with van der Waals surface area (Å²) < 4.78 is 0. The van der Waals surface area contributed by atoms with Gasteiger partial charge in [-0.25, -0.2) is 9.97 Å². The van der Waals surface area contributed by atoms with Crippen LogP contribution < -0.4 is 5.32 Å². The van der Waals surface area contributed by atoms with Gasteiger partial charge in [0.05, 0.1) is 0 Å². The van der Waals surface area contributed by atoms with Crippen molar-refractivity contribution in [1.82, 2.24) is 15.3 Å². The van der Waals surface area contributed by atoms with Crippen LogP contribution in [0, 0.1) is 6.92 Å². The molecule has 5 nitrogen and oxygen atoms in total. The Labute approximate surface area is 105 Å². The molecule has 0 aromatic carbocycles. The van der Waals surface area contributed by atoms with Crippen LogP contribution in [-0.4, -0.2) is 39.4 Å². The molecule has 6 heteroatoms. The molecule has 0 bridgehead atoms. The molecule has 0 aliphatic heterocycles. The number of aryl methyl sites for hydroxylation is 1. The van der Waals surface area contributed by atoms with Gasteiger partial charge in [-0.2, -0.15) is 0 Å². The molecule has 0 amide bonds. The van der Waals surface area contributed by atoms with Crippen molar-refractivity contribution in [2.24, 2.45) is 0 Å². The number of carboxylic acids is 1. The average Bonchev–Trinajstić information content (AvgIpc) is 2.31. The highest BCUT2D eigenvalue weighted by molar-refractivity contribution is 7.99. The predicted octanol–water partition coefficient (Wildman–Crippen LogP) is 1.33. The molecular weight excluding hydrogens is 238 g/mol. The van der Waals surface area contributed by atoms with Gasteiger partial charge < -0.3 is 10.4 Å². The number of carboxylic acid groups (broad SMARTS) is 1. The Morgan fingerprint density at radius 3 is 2.71 bits per heavy atom. The van der Waals surface area contributed by atoms with Gasteiger partial charge in [0.1, 0.15) is 6.04 Å². The first-order chi connectivity index (χ1) is 8.13. The molecule has 17 heavy (non-hydrogen) atoms. The Balaban J connectivity index is 2.45. The monoisotopic (exact) mass is 255 g/mol. The Hall–Kier alpha value is -1.14. The summed E-state index contributed by atoms with van der Waals surface area (Å²) in [6.07, 6.45) is 4.37. The van der Waals surface area contributed by atoms with Crippen LogP contribution in [0.5, 0.6) is 0 Å². The molecule has 0 aliphatic carbocycles. The molecule has 1 rings (SSSR count). The fraction of sp³-hybridized carbons (Fsp3) is 0.545. The summed E-state index contributed by atoms with van der Waals surface area (Å²) in [6, 6.07) is -0.551. The van der Waals surface area contributed by atoms with E-state index in [0.29, 0.717) is 17.5 Å². The SMILES string of the molecule is CCCNC(CSc1ncc(C)cn1)C(=O)O. The summed E-state index contributed by atoms with van der Waals surface area (Å²) in [4.78, 5) is 19.2. The quantitative estimate of drug-likeness (QED) is 0.565. The van der Waals surface area contributed by atoms with Crippen molar-refractivity contribution in [2.75, 3.05) is 12.3 Å². The van der Waals surface area contributed by atoms with Crippen molar-refractivity contribution in [1.29, 1.82) is 0 Å². The first-order valence-corrected chi connectivity index (χ1v) is 6.49. The Kier molecular flexibility index (Phi) is 5.93. The molecule has 2 N–H and O–H groups in total. The van der Waals surface area contributed by atoms with Crippen LogP contribution in [-0.2, 0) is 4.79 Å². The Morgan fingerprint density at radius 2 is 2.18 bits per heavy atom. The summed E-state index contributed by atoms with van der Waals surface area (Å²) in [5.74, 6) is -0.406. The fourth-order valence-corrected chi connectivity index (χ4v) is 1.98. The summed E-state index contributed by atoms with van der Waals surface area (Å²) in [6.45, 7) is 4.62. The largest absolute Gasteiger partial charge is 0.480 e. The number of nitrogens with one attached hydrogen (secondary N) is 1. The van der Waals surface area contributed by atoms with E-state index in [2.05, 4.69) is 15.3 Å². The molecular formula is C11H17N3O2S. The molecule has 1 atom stereocenters. The van der Waals surface area contributed by atoms with Crippen molar-refractivity contribution in [3.63, 3.8) is 0 Å². The van der Waals surface area contributed by atoms with Gasteiger partial charge in [0.2, 0.25) is 0 Å². The number of aliphatic carboxylic acids is 1. The normalized spacial score (nSPS) is 12.4. The van der Waals surface area contributed by atoms with E-state index in [4.69, 9.17) is 5.11 Å². The van der Waals surface area contributed by atoms with Crippen LogP contribution in [0.25, 0.3) is 0 Å². The maximum atomic E-state index is 11.0. The van der Waals surface area contributed by atoms with E-state index in [-0.39, 0.29) is 0 Å². The topological polar surface area (TPSA) is 75.1 Å². The minimum Gasteiger partial charge on any atom is -0.480 e. The van der Waals surface area contributed by atoms with Crippen LogP contribution >= 0.6 is 11.8 Å². The van der Waals surface area contributed by atoms with Crippen molar-refractivity contribution < 1.29 is 9.90 Å². The highest BCUT2D eigenvalue weighted by Gasteiger charge is 2.16. The van der Waals surface area contributed by atoms with Gasteiger partial charge >= 0.3 is 5.97 Å². The third-order valence-electron chi connectivity index (χ3n) is 2.08. The van der Waals surface area contributed by atoms with E-state index < -0.39 is 12.0 Å². The maximum Gasteiger partial charge on any atom is 0.321 e. The first-order valence-electron chi connectivity index (χ1n) is 5.51. The van der Waals surface area contributed by atoms with E-state index >= 15 is 0 Å². The average molecular weight is 255 g/mol. The molecule has 1 heterocycles.